The summed E-state index contributed by atoms with van der Waals surface area (Å²) in [6, 6.07) is 1.69. The van der Waals surface area contributed by atoms with Gasteiger partial charge >= 0.3 is 5.97 Å². The predicted molar refractivity (Wildman–Crippen MR) is 45.8 cm³/mol. The number of hydrogen-bond acceptors (Lipinski definition) is 4. The standard InChI is InChI=1S/C8H8O3S/c1-5-3-7(4-9)12-8(5)11-6(2)10/h3-4H,1-2H3. The van der Waals surface area contributed by atoms with Crippen molar-refractivity contribution in [2.24, 2.45) is 0 Å². The van der Waals surface area contributed by atoms with Crippen LogP contribution in [0.3, 0.4) is 0 Å². The molecule has 0 N–H and O–H groups in total. The number of aryl methyl sites for hydroxylation is 1. The van der Waals surface area contributed by atoms with Gasteiger partial charge in [0.25, 0.3) is 0 Å². The van der Waals surface area contributed by atoms with E-state index in [9.17, 15) is 9.59 Å². The average molecular weight is 184 g/mol. The van der Waals surface area contributed by atoms with Gasteiger partial charge in [0, 0.05) is 12.5 Å². The molecule has 1 aromatic rings. The lowest BCUT2D eigenvalue weighted by Gasteiger charge is -1.96. The molecule has 0 saturated carbocycles. The van der Waals surface area contributed by atoms with E-state index >= 15 is 0 Å². The van der Waals surface area contributed by atoms with Gasteiger partial charge in [-0.2, -0.15) is 0 Å². The molecule has 0 spiro atoms. The third-order valence-corrected chi connectivity index (χ3v) is 2.28. The van der Waals surface area contributed by atoms with Crippen LogP contribution >= 0.6 is 11.3 Å². The lowest BCUT2D eigenvalue weighted by Crippen LogP contribution is -2.00. The first-order valence-electron chi connectivity index (χ1n) is 3.37. The zero-order valence-electron chi connectivity index (χ0n) is 6.79. The van der Waals surface area contributed by atoms with Crippen molar-refractivity contribution >= 4 is 23.6 Å². The Bertz CT molecular complexity index is 314. The summed E-state index contributed by atoms with van der Waals surface area (Å²) in [4.78, 5) is 21.5. The number of aldehydes is 1. The highest BCUT2D eigenvalue weighted by atomic mass is 32.1. The van der Waals surface area contributed by atoms with Crippen LogP contribution in [0, 0.1) is 6.92 Å². The Morgan fingerprint density at radius 2 is 2.33 bits per heavy atom. The first-order chi connectivity index (χ1) is 5.63. The number of carbonyl (C=O) groups excluding carboxylic acids is 2. The summed E-state index contributed by atoms with van der Waals surface area (Å²) in [5.41, 5.74) is 0.817. The second-order valence-corrected chi connectivity index (χ2v) is 3.38. The van der Waals surface area contributed by atoms with Gasteiger partial charge in [0.15, 0.2) is 11.3 Å². The van der Waals surface area contributed by atoms with E-state index in [1.807, 2.05) is 0 Å². The van der Waals surface area contributed by atoms with Gasteiger partial charge in [-0.3, -0.25) is 9.59 Å². The Kier molecular flexibility index (Phi) is 2.60. The lowest BCUT2D eigenvalue weighted by atomic mass is 10.3. The van der Waals surface area contributed by atoms with Gasteiger partial charge in [0.05, 0.1) is 4.88 Å². The van der Waals surface area contributed by atoms with Crippen molar-refractivity contribution in [2.75, 3.05) is 0 Å². The van der Waals surface area contributed by atoms with Crippen LogP contribution in [-0.4, -0.2) is 12.3 Å². The number of hydrogen-bond donors (Lipinski definition) is 0. The minimum Gasteiger partial charge on any atom is -0.415 e. The van der Waals surface area contributed by atoms with Crippen molar-refractivity contribution < 1.29 is 14.3 Å². The molecule has 0 saturated heterocycles. The highest BCUT2D eigenvalue weighted by Gasteiger charge is 2.07. The van der Waals surface area contributed by atoms with E-state index in [2.05, 4.69) is 0 Å². The van der Waals surface area contributed by atoms with Gasteiger partial charge in [-0.1, -0.05) is 11.3 Å². The SMILES string of the molecule is CC(=O)Oc1sc(C=O)cc1C. The van der Waals surface area contributed by atoms with Crippen molar-refractivity contribution in [3.8, 4) is 5.06 Å². The Balaban J connectivity index is 2.91. The van der Waals surface area contributed by atoms with Gasteiger partial charge in [0.1, 0.15) is 0 Å². The maximum absolute atomic E-state index is 10.6. The van der Waals surface area contributed by atoms with E-state index < -0.39 is 0 Å². The van der Waals surface area contributed by atoms with Crippen LogP contribution in [-0.2, 0) is 4.79 Å². The van der Waals surface area contributed by atoms with Crippen molar-refractivity contribution in [1.29, 1.82) is 0 Å². The number of esters is 1. The van der Waals surface area contributed by atoms with Gasteiger partial charge in [0.2, 0.25) is 0 Å². The molecular formula is C8H8O3S. The third-order valence-electron chi connectivity index (χ3n) is 1.24. The van der Waals surface area contributed by atoms with Gasteiger partial charge in [-0.15, -0.1) is 0 Å². The largest absolute Gasteiger partial charge is 0.415 e. The van der Waals surface area contributed by atoms with Gasteiger partial charge < -0.3 is 4.74 Å². The summed E-state index contributed by atoms with van der Waals surface area (Å²) in [5.74, 6) is -0.364. The predicted octanol–water partition coefficient (Wildman–Crippen LogP) is 1.79. The zero-order valence-corrected chi connectivity index (χ0v) is 7.60. The number of ether oxygens (including phenoxy) is 1. The molecule has 0 aliphatic rings. The Labute approximate surface area is 74.0 Å². The highest BCUT2D eigenvalue weighted by Crippen LogP contribution is 2.28. The molecule has 64 valence electrons. The van der Waals surface area contributed by atoms with Crippen molar-refractivity contribution in [3.63, 3.8) is 0 Å². The Morgan fingerprint density at radius 1 is 1.67 bits per heavy atom. The Morgan fingerprint density at radius 3 is 2.75 bits per heavy atom. The Hall–Kier alpha value is -1.16. The molecule has 0 aliphatic carbocycles. The molecule has 0 aromatic carbocycles. The summed E-state index contributed by atoms with van der Waals surface area (Å²) in [6.07, 6.45) is 0.741. The molecule has 0 unspecified atom stereocenters. The van der Waals surface area contributed by atoms with Gasteiger partial charge in [-0.05, 0) is 13.0 Å². The second-order valence-electron chi connectivity index (χ2n) is 2.33. The number of carbonyl (C=O) groups is 2. The summed E-state index contributed by atoms with van der Waals surface area (Å²) in [6.45, 7) is 3.13. The fraction of sp³-hybridized carbons (Fsp3) is 0.250. The van der Waals surface area contributed by atoms with E-state index in [0.29, 0.717) is 9.94 Å². The summed E-state index contributed by atoms with van der Waals surface area (Å²) < 4.78 is 4.85. The van der Waals surface area contributed by atoms with E-state index in [0.717, 1.165) is 11.8 Å². The fourth-order valence-corrected chi connectivity index (χ4v) is 1.66. The maximum atomic E-state index is 10.6. The van der Waals surface area contributed by atoms with Crippen LogP contribution in [0.2, 0.25) is 0 Å². The molecule has 1 rings (SSSR count). The molecular weight excluding hydrogens is 176 g/mol. The summed E-state index contributed by atoms with van der Waals surface area (Å²) >= 11 is 1.18. The molecule has 1 heterocycles. The van der Waals surface area contributed by atoms with Crippen molar-refractivity contribution in [1.82, 2.24) is 0 Å². The number of rotatable bonds is 2. The molecule has 0 aliphatic heterocycles. The van der Waals surface area contributed by atoms with Crippen LogP contribution in [0.5, 0.6) is 5.06 Å². The highest BCUT2D eigenvalue weighted by molar-refractivity contribution is 7.15. The van der Waals surface area contributed by atoms with Crippen molar-refractivity contribution in [3.05, 3.63) is 16.5 Å². The molecule has 4 heteroatoms. The smallest absolute Gasteiger partial charge is 0.308 e. The van der Waals surface area contributed by atoms with Crippen molar-refractivity contribution in [2.45, 2.75) is 13.8 Å². The van der Waals surface area contributed by atoms with Crippen LogP contribution in [0.1, 0.15) is 22.2 Å². The summed E-state index contributed by atoms with van der Waals surface area (Å²) in [7, 11) is 0. The quantitative estimate of drug-likeness (QED) is 0.520. The molecule has 0 fully saturated rings. The first kappa shape index (κ1) is 8.93. The second kappa shape index (κ2) is 3.49. The molecule has 0 bridgehead atoms. The monoisotopic (exact) mass is 184 g/mol. The summed E-state index contributed by atoms with van der Waals surface area (Å²) in [5, 5.41) is 0.504. The normalized spacial score (nSPS) is 9.50. The molecule has 12 heavy (non-hydrogen) atoms. The fourth-order valence-electron chi connectivity index (χ4n) is 0.779. The first-order valence-corrected chi connectivity index (χ1v) is 4.19. The molecule has 0 atom stereocenters. The van der Waals surface area contributed by atoms with E-state index in [-0.39, 0.29) is 5.97 Å². The number of thiophene rings is 1. The van der Waals surface area contributed by atoms with Crippen LogP contribution < -0.4 is 4.74 Å². The van der Waals surface area contributed by atoms with Crippen LogP contribution in [0.15, 0.2) is 6.07 Å². The van der Waals surface area contributed by atoms with Gasteiger partial charge in [-0.25, -0.2) is 0 Å². The van der Waals surface area contributed by atoms with Crippen LogP contribution in [0.4, 0.5) is 0 Å². The minimum absolute atomic E-state index is 0.364. The third kappa shape index (κ3) is 1.92. The van der Waals surface area contributed by atoms with Crippen LogP contribution in [0.25, 0.3) is 0 Å². The lowest BCUT2D eigenvalue weighted by molar-refractivity contribution is -0.131. The minimum atomic E-state index is -0.364. The topological polar surface area (TPSA) is 43.4 Å². The molecule has 3 nitrogen and oxygen atoms in total. The van der Waals surface area contributed by atoms with E-state index in [1.54, 1.807) is 13.0 Å². The zero-order chi connectivity index (χ0) is 9.14. The van der Waals surface area contributed by atoms with E-state index in [1.165, 1.54) is 18.3 Å². The molecule has 0 amide bonds. The maximum Gasteiger partial charge on any atom is 0.308 e. The molecule has 1 aromatic heterocycles. The average Bonchev–Trinajstić information content (AvgIpc) is 2.31. The molecule has 0 radical (unpaired) electrons. The van der Waals surface area contributed by atoms with E-state index in [4.69, 9.17) is 4.74 Å².